The van der Waals surface area contributed by atoms with Gasteiger partial charge in [0.1, 0.15) is 0 Å². The van der Waals surface area contributed by atoms with Gasteiger partial charge in [-0.05, 0) is 18.8 Å². The first-order valence-electron chi connectivity index (χ1n) is 7.24. The van der Waals surface area contributed by atoms with Gasteiger partial charge in [0.2, 0.25) is 0 Å². The molecule has 1 aromatic heterocycles. The number of nitrogens with zero attached hydrogens (tertiary/aromatic N) is 4. The molecule has 5 nitrogen and oxygen atoms in total. The molecule has 2 heterocycles. The lowest BCUT2D eigenvalue weighted by molar-refractivity contribution is -0.208. The first-order valence-corrected chi connectivity index (χ1v) is 7.24. The highest BCUT2D eigenvalue weighted by molar-refractivity contribution is 5.15. The van der Waals surface area contributed by atoms with Gasteiger partial charge in [0.15, 0.2) is 6.10 Å². The highest BCUT2D eigenvalue weighted by atomic mass is 19.4. The molecule has 1 aliphatic carbocycles. The highest BCUT2D eigenvalue weighted by Gasteiger charge is 2.40. The number of rotatable bonds is 3. The van der Waals surface area contributed by atoms with Crippen molar-refractivity contribution in [2.24, 2.45) is 5.92 Å². The predicted molar refractivity (Wildman–Crippen MR) is 68.5 cm³/mol. The summed E-state index contributed by atoms with van der Waals surface area (Å²) in [6, 6.07) is 0.323. The smallest absolute Gasteiger partial charge is 0.382 e. The summed E-state index contributed by atoms with van der Waals surface area (Å²) in [5.74, 6) is 0.668. The van der Waals surface area contributed by atoms with Gasteiger partial charge in [-0.2, -0.15) is 13.2 Å². The average molecular weight is 304 g/mol. The van der Waals surface area contributed by atoms with E-state index in [1.165, 1.54) is 0 Å². The largest absolute Gasteiger partial charge is 0.415 e. The van der Waals surface area contributed by atoms with Gasteiger partial charge in [0, 0.05) is 26.1 Å². The van der Waals surface area contributed by atoms with E-state index in [-0.39, 0.29) is 0 Å². The fraction of sp³-hybridized carbons (Fsp3) is 0.846. The van der Waals surface area contributed by atoms with Crippen LogP contribution in [0.2, 0.25) is 0 Å². The van der Waals surface area contributed by atoms with Crippen molar-refractivity contribution in [1.29, 1.82) is 0 Å². The normalized spacial score (nSPS) is 28.0. The Morgan fingerprint density at radius 2 is 2.10 bits per heavy atom. The zero-order valence-corrected chi connectivity index (χ0v) is 11.8. The lowest BCUT2D eigenvalue weighted by Crippen LogP contribution is -2.43. The molecule has 118 valence electrons. The van der Waals surface area contributed by atoms with E-state index < -0.39 is 18.8 Å². The fourth-order valence-electron chi connectivity index (χ4n) is 3.12. The fourth-order valence-corrected chi connectivity index (χ4v) is 3.12. The molecule has 1 aliphatic heterocycles. The van der Waals surface area contributed by atoms with Crippen LogP contribution >= 0.6 is 0 Å². The van der Waals surface area contributed by atoms with Gasteiger partial charge in [0.05, 0.1) is 17.4 Å². The Labute approximate surface area is 120 Å². The van der Waals surface area contributed by atoms with Crippen molar-refractivity contribution >= 4 is 0 Å². The minimum absolute atomic E-state index is 0.323. The van der Waals surface area contributed by atoms with Crippen LogP contribution in [0.1, 0.15) is 37.2 Å². The first kappa shape index (κ1) is 14.8. The average Bonchev–Trinajstić information content (AvgIpc) is 2.76. The molecule has 0 spiro atoms. The van der Waals surface area contributed by atoms with Crippen LogP contribution < -0.4 is 0 Å². The van der Waals surface area contributed by atoms with Crippen LogP contribution in [0, 0.1) is 5.92 Å². The Balaban J connectivity index is 1.68. The van der Waals surface area contributed by atoms with Crippen molar-refractivity contribution < 1.29 is 18.3 Å². The minimum Gasteiger partial charge on any atom is -0.382 e. The maximum atomic E-state index is 12.4. The standard InChI is InChI=1S/C13H19F3N4O/c1-8-4-9(5-8)20-11-6-19(3-2-10(11)17-18-20)7-12(21)13(14,15)16/h8-9,12,21H,2-7H2,1H3. The monoisotopic (exact) mass is 304 g/mol. The SMILES string of the molecule is CC1CC(n2nnc3c2CN(CC(O)C(F)(F)F)CC3)C1. The van der Waals surface area contributed by atoms with Crippen LogP contribution in [0.25, 0.3) is 0 Å². The summed E-state index contributed by atoms with van der Waals surface area (Å²) in [4.78, 5) is 1.63. The molecular formula is C13H19F3N4O. The number of aromatic nitrogens is 3. The van der Waals surface area contributed by atoms with E-state index in [2.05, 4.69) is 17.2 Å². The Hall–Kier alpha value is -1.15. The summed E-state index contributed by atoms with van der Waals surface area (Å²) >= 11 is 0. The van der Waals surface area contributed by atoms with Gasteiger partial charge in [0.25, 0.3) is 0 Å². The van der Waals surface area contributed by atoms with Crippen LogP contribution in [0.5, 0.6) is 0 Å². The lowest BCUT2D eigenvalue weighted by atomic mass is 9.82. The minimum atomic E-state index is -4.57. The van der Waals surface area contributed by atoms with Crippen molar-refractivity contribution in [2.45, 2.75) is 51.1 Å². The second kappa shape index (κ2) is 5.24. The molecule has 0 radical (unpaired) electrons. The van der Waals surface area contributed by atoms with Crippen LogP contribution in [-0.4, -0.2) is 50.4 Å². The van der Waals surface area contributed by atoms with Crippen molar-refractivity contribution in [3.05, 3.63) is 11.4 Å². The van der Waals surface area contributed by atoms with Crippen molar-refractivity contribution in [3.8, 4) is 0 Å². The molecule has 2 aliphatic rings. The van der Waals surface area contributed by atoms with Gasteiger partial charge in [-0.25, -0.2) is 4.68 Å². The number of alkyl halides is 3. The topological polar surface area (TPSA) is 54.2 Å². The van der Waals surface area contributed by atoms with Gasteiger partial charge in [-0.1, -0.05) is 12.1 Å². The molecule has 0 saturated heterocycles. The molecular weight excluding hydrogens is 285 g/mol. The van der Waals surface area contributed by atoms with E-state index in [9.17, 15) is 18.3 Å². The van der Waals surface area contributed by atoms with Crippen LogP contribution in [0.15, 0.2) is 0 Å². The second-order valence-corrected chi connectivity index (χ2v) is 6.20. The third-order valence-electron chi connectivity index (χ3n) is 4.41. The maximum absolute atomic E-state index is 12.4. The molecule has 21 heavy (non-hydrogen) atoms. The molecule has 0 amide bonds. The number of aliphatic hydroxyl groups excluding tert-OH is 1. The van der Waals surface area contributed by atoms with E-state index in [0.29, 0.717) is 31.5 Å². The van der Waals surface area contributed by atoms with E-state index in [0.717, 1.165) is 24.2 Å². The first-order chi connectivity index (χ1) is 9.84. The van der Waals surface area contributed by atoms with Gasteiger partial charge in [-0.3, -0.25) is 4.90 Å². The number of β-amino-alcohol motifs (C(OH)–C–C–N with tert-alkyl or cyclic N) is 1. The van der Waals surface area contributed by atoms with Crippen LogP contribution in [0.3, 0.4) is 0 Å². The molecule has 1 fully saturated rings. The van der Waals surface area contributed by atoms with E-state index in [4.69, 9.17) is 0 Å². The predicted octanol–water partition coefficient (Wildman–Crippen LogP) is 1.53. The summed E-state index contributed by atoms with van der Waals surface area (Å²) in [6.07, 6.45) is -4.20. The van der Waals surface area contributed by atoms with Crippen LogP contribution in [-0.2, 0) is 13.0 Å². The Morgan fingerprint density at radius 1 is 1.38 bits per heavy atom. The molecule has 1 saturated carbocycles. The van der Waals surface area contributed by atoms with Crippen LogP contribution in [0.4, 0.5) is 13.2 Å². The molecule has 1 unspecified atom stereocenters. The summed E-state index contributed by atoms with van der Waals surface area (Å²) in [6.45, 7) is 2.63. The van der Waals surface area contributed by atoms with Gasteiger partial charge >= 0.3 is 6.18 Å². The molecule has 8 heteroatoms. The number of hydrogen-bond donors (Lipinski definition) is 1. The Bertz CT molecular complexity index is 510. The van der Waals surface area contributed by atoms with Gasteiger partial charge in [-0.15, -0.1) is 5.10 Å². The van der Waals surface area contributed by atoms with E-state index in [1.807, 2.05) is 4.68 Å². The van der Waals surface area contributed by atoms with Crippen molar-refractivity contribution in [3.63, 3.8) is 0 Å². The Morgan fingerprint density at radius 3 is 2.71 bits per heavy atom. The highest BCUT2D eigenvalue weighted by Crippen LogP contribution is 2.38. The summed E-state index contributed by atoms with van der Waals surface area (Å²) in [5.41, 5.74) is 1.79. The molecule has 3 rings (SSSR count). The van der Waals surface area contributed by atoms with Gasteiger partial charge < -0.3 is 5.11 Å². The van der Waals surface area contributed by atoms with Crippen molar-refractivity contribution in [2.75, 3.05) is 13.1 Å². The lowest BCUT2D eigenvalue weighted by Gasteiger charge is -2.35. The number of hydrogen-bond acceptors (Lipinski definition) is 4. The molecule has 1 aromatic rings. The molecule has 1 atom stereocenters. The second-order valence-electron chi connectivity index (χ2n) is 6.20. The van der Waals surface area contributed by atoms with E-state index in [1.54, 1.807) is 4.90 Å². The third-order valence-corrected chi connectivity index (χ3v) is 4.41. The third kappa shape index (κ3) is 2.91. The summed E-state index contributed by atoms with van der Waals surface area (Å²) < 4.78 is 39.2. The number of aliphatic hydroxyl groups is 1. The Kier molecular flexibility index (Phi) is 3.69. The summed E-state index contributed by atoms with van der Waals surface area (Å²) in [5, 5.41) is 17.5. The number of fused-ring (bicyclic) bond motifs is 1. The maximum Gasteiger partial charge on any atom is 0.415 e. The quantitative estimate of drug-likeness (QED) is 0.920. The zero-order chi connectivity index (χ0) is 15.2. The van der Waals surface area contributed by atoms with E-state index >= 15 is 0 Å². The number of halogens is 3. The molecule has 1 N–H and O–H groups in total. The molecule has 0 bridgehead atoms. The zero-order valence-electron chi connectivity index (χ0n) is 11.8. The van der Waals surface area contributed by atoms with Crippen molar-refractivity contribution in [1.82, 2.24) is 19.9 Å². The summed E-state index contributed by atoms with van der Waals surface area (Å²) in [7, 11) is 0. The molecule has 0 aromatic carbocycles.